The second-order valence-corrected chi connectivity index (χ2v) is 17.6. The summed E-state index contributed by atoms with van der Waals surface area (Å²) < 4.78 is 20.3. The zero-order valence-electron chi connectivity index (χ0n) is 39.6. The number of fused-ring (bicyclic) bond motifs is 2. The molecule has 358 valence electrons. The Morgan fingerprint density at radius 2 is 1.29 bits per heavy atom. The van der Waals surface area contributed by atoms with E-state index in [1.54, 1.807) is 92.0 Å². The van der Waals surface area contributed by atoms with E-state index in [1.165, 1.54) is 47.4 Å². The molecule has 6 rings (SSSR count). The Hall–Kier alpha value is -7.14. The van der Waals surface area contributed by atoms with Crippen molar-refractivity contribution in [2.45, 2.75) is 97.2 Å². The van der Waals surface area contributed by atoms with Gasteiger partial charge in [0.1, 0.15) is 47.7 Å². The molecular weight excluding hydrogens is 874 g/mol. The molecule has 0 bridgehead atoms. The number of pyridine rings is 2. The van der Waals surface area contributed by atoms with E-state index >= 15 is 4.39 Å². The van der Waals surface area contributed by atoms with Gasteiger partial charge >= 0.3 is 0 Å². The summed E-state index contributed by atoms with van der Waals surface area (Å²) >= 11 is 0. The number of amides is 6. The van der Waals surface area contributed by atoms with Crippen molar-refractivity contribution in [3.63, 3.8) is 0 Å². The Bertz CT molecular complexity index is 2640. The molecule has 18 nitrogen and oxygen atoms in total. The predicted octanol–water partition coefficient (Wildman–Crippen LogP) is 3.59. The molecule has 19 heteroatoms. The predicted molar refractivity (Wildman–Crippen MR) is 254 cm³/mol. The van der Waals surface area contributed by atoms with Crippen LogP contribution >= 0.6 is 0 Å². The van der Waals surface area contributed by atoms with Crippen LogP contribution in [0.3, 0.4) is 0 Å². The van der Waals surface area contributed by atoms with Crippen molar-refractivity contribution in [2.75, 3.05) is 41.6 Å². The molecule has 0 saturated heterocycles. The molecule has 0 fully saturated rings. The van der Waals surface area contributed by atoms with Crippen LogP contribution in [-0.4, -0.2) is 103 Å². The number of anilines is 4. The number of nitrogens with one attached hydrogen (secondary N) is 6. The SMILES string of the molecule is CNC(C)C(=O)NC(C(=O)N1c2nc(-c3ccc(NC(=O)C4Cc5cccnc5N4C(=O)C(NC(=O)C(C)NC)C(C)C)c(C#N)c3)ccc2CC1C(=O)Nc1ccc(COC)cc1F)C(C)C. The number of carbonyl (C=O) groups is 6. The quantitative estimate of drug-likeness (QED) is 0.0891. The normalized spacial score (nSPS) is 16.8. The molecule has 6 atom stereocenters. The van der Waals surface area contributed by atoms with Gasteiger partial charge in [0.15, 0.2) is 0 Å². The van der Waals surface area contributed by atoms with Gasteiger partial charge in [0.05, 0.1) is 41.3 Å². The number of methoxy groups -OCH3 is 1. The van der Waals surface area contributed by atoms with Crippen LogP contribution in [0.15, 0.2) is 66.9 Å². The van der Waals surface area contributed by atoms with Crippen molar-refractivity contribution in [1.29, 1.82) is 5.26 Å². The summed E-state index contributed by atoms with van der Waals surface area (Å²) in [6, 6.07) is 12.4. The maximum atomic E-state index is 15.2. The van der Waals surface area contributed by atoms with Crippen molar-refractivity contribution in [3.05, 3.63) is 94.9 Å². The van der Waals surface area contributed by atoms with Crippen LogP contribution in [0.1, 0.15) is 63.8 Å². The Morgan fingerprint density at radius 3 is 1.82 bits per heavy atom. The van der Waals surface area contributed by atoms with Crippen LogP contribution in [0.4, 0.5) is 27.4 Å². The van der Waals surface area contributed by atoms with E-state index in [0.29, 0.717) is 33.8 Å². The minimum Gasteiger partial charge on any atom is -0.380 e. The van der Waals surface area contributed by atoms with Crippen molar-refractivity contribution < 1.29 is 37.9 Å². The number of ether oxygens (including phenoxy) is 1. The van der Waals surface area contributed by atoms with Crippen molar-refractivity contribution in [1.82, 2.24) is 31.2 Å². The molecule has 4 aromatic rings. The molecule has 68 heavy (non-hydrogen) atoms. The third-order valence-electron chi connectivity index (χ3n) is 12.2. The summed E-state index contributed by atoms with van der Waals surface area (Å²) in [6.45, 7) is 10.6. The van der Waals surface area contributed by atoms with Gasteiger partial charge in [-0.1, -0.05) is 52.0 Å². The first-order valence-corrected chi connectivity index (χ1v) is 22.4. The summed E-state index contributed by atoms with van der Waals surface area (Å²) in [4.78, 5) is 95.2. The number of rotatable bonds is 17. The van der Waals surface area contributed by atoms with E-state index in [-0.39, 0.29) is 54.0 Å². The van der Waals surface area contributed by atoms with E-state index in [9.17, 15) is 34.0 Å². The van der Waals surface area contributed by atoms with Gasteiger partial charge in [0.25, 0.3) is 11.8 Å². The number of hydrogen-bond acceptors (Lipinski definition) is 12. The minimum atomic E-state index is -1.20. The van der Waals surface area contributed by atoms with Crippen LogP contribution in [0.2, 0.25) is 0 Å². The smallest absolute Gasteiger partial charge is 0.251 e. The Kier molecular flexibility index (Phi) is 16.0. The number of aromatic nitrogens is 2. The number of hydrogen-bond donors (Lipinski definition) is 6. The molecule has 6 unspecified atom stereocenters. The Balaban J connectivity index is 1.31. The number of halogens is 1. The van der Waals surface area contributed by atoms with E-state index in [4.69, 9.17) is 9.72 Å². The lowest BCUT2D eigenvalue weighted by Crippen LogP contribution is -2.57. The third-order valence-corrected chi connectivity index (χ3v) is 12.2. The molecule has 4 heterocycles. The van der Waals surface area contributed by atoms with Gasteiger partial charge < -0.3 is 36.6 Å². The zero-order chi connectivity index (χ0) is 49.6. The van der Waals surface area contributed by atoms with Crippen molar-refractivity contribution in [3.8, 4) is 17.3 Å². The molecule has 0 spiro atoms. The molecule has 0 saturated carbocycles. The maximum Gasteiger partial charge on any atom is 0.251 e. The Morgan fingerprint density at radius 1 is 0.750 bits per heavy atom. The van der Waals surface area contributed by atoms with Crippen LogP contribution in [0, 0.1) is 29.0 Å². The fourth-order valence-electron chi connectivity index (χ4n) is 8.04. The van der Waals surface area contributed by atoms with Crippen LogP contribution < -0.4 is 41.7 Å². The number of likely N-dealkylation sites (N-methyl/N-ethyl adjacent to an activating group) is 2. The standard InChI is InChI=1S/C49H58FN11O7/c1-25(2)40(58-44(62)27(5)52-7)48(66)60-38(21-31-11-10-18-54-42(31)60)46(64)56-36-16-13-30(20-33(36)23-51)35-17-14-32-22-39(47(65)57-37-15-12-29(24-68-9)19-34(37)50)61(43(32)55-35)49(67)41(26(3)4)59-45(63)28(6)53-8/h10-20,25-28,38-41,52-53H,21-22,24H2,1-9H3,(H,56,64)(H,57,65)(H,58,62)(H,59,63). The average Bonchev–Trinajstić information content (AvgIpc) is 3.91. The highest BCUT2D eigenvalue weighted by Crippen LogP contribution is 2.37. The summed E-state index contributed by atoms with van der Waals surface area (Å²) in [7, 11) is 4.72. The monoisotopic (exact) mass is 931 g/mol. The Labute approximate surface area is 394 Å². The molecule has 2 aromatic heterocycles. The first-order chi connectivity index (χ1) is 32.4. The lowest BCUT2D eigenvalue weighted by Gasteiger charge is -2.31. The molecule has 0 aliphatic carbocycles. The zero-order valence-corrected chi connectivity index (χ0v) is 39.6. The van der Waals surface area contributed by atoms with E-state index in [2.05, 4.69) is 43.0 Å². The third kappa shape index (κ3) is 10.7. The maximum absolute atomic E-state index is 15.2. The van der Waals surface area contributed by atoms with Gasteiger partial charge in [-0.3, -0.25) is 38.6 Å². The second kappa shape index (κ2) is 21.7. The van der Waals surface area contributed by atoms with E-state index in [1.807, 2.05) is 0 Å². The average molecular weight is 932 g/mol. The van der Waals surface area contributed by atoms with Gasteiger partial charge in [0, 0.05) is 31.7 Å². The number of nitriles is 1. The second-order valence-electron chi connectivity index (χ2n) is 17.6. The topological polar surface area (TPSA) is 240 Å². The lowest BCUT2D eigenvalue weighted by molar-refractivity contribution is -0.130. The van der Waals surface area contributed by atoms with Gasteiger partial charge in [0.2, 0.25) is 23.6 Å². The van der Waals surface area contributed by atoms with E-state index < -0.39 is 77.5 Å². The first-order valence-electron chi connectivity index (χ1n) is 22.4. The molecule has 6 N–H and O–H groups in total. The highest BCUT2D eigenvalue weighted by atomic mass is 19.1. The molecule has 2 aromatic carbocycles. The number of carbonyl (C=O) groups excluding carboxylic acids is 6. The van der Waals surface area contributed by atoms with Gasteiger partial charge in [-0.15, -0.1) is 0 Å². The van der Waals surface area contributed by atoms with Gasteiger partial charge in [-0.2, -0.15) is 5.26 Å². The summed E-state index contributed by atoms with van der Waals surface area (Å²) in [6.07, 6.45) is 1.67. The fraction of sp³-hybridized carbons (Fsp3) is 0.408. The van der Waals surface area contributed by atoms with Crippen LogP contribution in [0.5, 0.6) is 0 Å². The lowest BCUT2D eigenvalue weighted by atomic mass is 10.0. The van der Waals surface area contributed by atoms with Gasteiger partial charge in [-0.25, -0.2) is 14.4 Å². The van der Waals surface area contributed by atoms with Crippen molar-refractivity contribution >= 4 is 58.5 Å². The summed E-state index contributed by atoms with van der Waals surface area (Å²) in [5, 5.41) is 27.2. The highest BCUT2D eigenvalue weighted by molar-refractivity contribution is 6.10. The number of nitrogens with zero attached hydrogens (tertiary/aromatic N) is 5. The highest BCUT2D eigenvalue weighted by Gasteiger charge is 2.45. The minimum absolute atomic E-state index is 0.0170. The summed E-state index contributed by atoms with van der Waals surface area (Å²) in [5.74, 6) is -4.26. The molecular formula is C49H58FN11O7. The molecule has 2 aliphatic rings. The molecule has 0 radical (unpaired) electrons. The fourth-order valence-corrected chi connectivity index (χ4v) is 8.04. The molecule has 6 amide bonds. The first kappa shape index (κ1) is 50.3. The van der Waals surface area contributed by atoms with Crippen molar-refractivity contribution in [2.24, 2.45) is 11.8 Å². The molecule has 2 aliphatic heterocycles. The summed E-state index contributed by atoms with van der Waals surface area (Å²) in [5.41, 5.74) is 2.59. The van der Waals surface area contributed by atoms with Gasteiger partial charge in [-0.05, 0) is 92.9 Å². The van der Waals surface area contributed by atoms with Crippen LogP contribution in [0.25, 0.3) is 11.3 Å². The number of benzene rings is 2. The van der Waals surface area contributed by atoms with E-state index in [0.717, 1.165) is 0 Å². The largest absolute Gasteiger partial charge is 0.380 e. The van der Waals surface area contributed by atoms with Crippen LogP contribution in [-0.2, 0) is 53.0 Å².